The number of carbonyl (C=O) groups is 2. The van der Waals surface area contributed by atoms with Crippen molar-refractivity contribution in [3.8, 4) is 0 Å². The highest BCUT2D eigenvalue weighted by molar-refractivity contribution is 5.73. The first-order chi connectivity index (χ1) is 8.51. The molecule has 0 spiro atoms. The second-order valence-electron chi connectivity index (χ2n) is 5.23. The van der Waals surface area contributed by atoms with Gasteiger partial charge in [0.2, 0.25) is 5.91 Å². The van der Waals surface area contributed by atoms with Crippen LogP contribution in [0.3, 0.4) is 0 Å². The fourth-order valence-corrected chi connectivity index (χ4v) is 2.72. The lowest BCUT2D eigenvalue weighted by Crippen LogP contribution is -2.51. The zero-order chi connectivity index (χ0) is 13.5. The van der Waals surface area contributed by atoms with E-state index in [0.717, 1.165) is 25.8 Å². The minimum Gasteiger partial charge on any atom is -0.480 e. The molecule has 5 heteroatoms. The molecule has 18 heavy (non-hydrogen) atoms. The van der Waals surface area contributed by atoms with E-state index in [4.69, 9.17) is 5.11 Å². The predicted octanol–water partition coefficient (Wildman–Crippen LogP) is 1.09. The van der Waals surface area contributed by atoms with Gasteiger partial charge in [0.15, 0.2) is 0 Å². The predicted molar refractivity (Wildman–Crippen MR) is 69.3 cm³/mol. The zero-order valence-corrected chi connectivity index (χ0v) is 11.3. The molecule has 1 aliphatic rings. The number of nitrogens with one attached hydrogen (secondary N) is 1. The van der Waals surface area contributed by atoms with Gasteiger partial charge in [-0.15, -0.1) is 0 Å². The molecule has 0 aromatic carbocycles. The lowest BCUT2D eigenvalue weighted by Gasteiger charge is -2.37. The number of unbranched alkanes of at least 4 members (excludes halogenated alkanes) is 1. The molecule has 0 aliphatic carbocycles. The van der Waals surface area contributed by atoms with Crippen molar-refractivity contribution < 1.29 is 14.7 Å². The molecule has 0 saturated carbocycles. The van der Waals surface area contributed by atoms with Gasteiger partial charge < -0.3 is 10.4 Å². The second kappa shape index (κ2) is 7.36. The summed E-state index contributed by atoms with van der Waals surface area (Å²) in [5.74, 6) is -0.339. The van der Waals surface area contributed by atoms with Crippen LogP contribution >= 0.6 is 0 Å². The SMILES string of the molecule is CCCCC1CC(NC(C)=O)CN(CC(=O)O)C1. The van der Waals surface area contributed by atoms with E-state index in [1.807, 2.05) is 4.90 Å². The fourth-order valence-electron chi connectivity index (χ4n) is 2.72. The highest BCUT2D eigenvalue weighted by Crippen LogP contribution is 2.22. The molecule has 104 valence electrons. The summed E-state index contributed by atoms with van der Waals surface area (Å²) >= 11 is 0. The Labute approximate surface area is 109 Å². The average Bonchev–Trinajstić information content (AvgIpc) is 2.24. The summed E-state index contributed by atoms with van der Waals surface area (Å²) in [6, 6.07) is 0.0949. The first kappa shape index (κ1) is 15.0. The van der Waals surface area contributed by atoms with E-state index in [0.29, 0.717) is 12.5 Å². The molecule has 1 aliphatic heterocycles. The molecule has 1 saturated heterocycles. The van der Waals surface area contributed by atoms with Gasteiger partial charge in [-0.3, -0.25) is 14.5 Å². The van der Waals surface area contributed by atoms with Crippen LogP contribution in [0.15, 0.2) is 0 Å². The Morgan fingerprint density at radius 3 is 2.67 bits per heavy atom. The third kappa shape index (κ3) is 5.49. The maximum absolute atomic E-state index is 11.1. The van der Waals surface area contributed by atoms with E-state index < -0.39 is 5.97 Å². The zero-order valence-electron chi connectivity index (χ0n) is 11.3. The van der Waals surface area contributed by atoms with Crippen molar-refractivity contribution >= 4 is 11.9 Å². The molecule has 0 aromatic rings. The van der Waals surface area contributed by atoms with Crippen molar-refractivity contribution in [1.82, 2.24) is 10.2 Å². The standard InChI is InChI=1S/C13H24N2O3/c1-3-4-5-11-6-12(14-10(2)16)8-15(7-11)9-13(17)18/h11-12H,3-9H2,1-2H3,(H,14,16)(H,17,18). The van der Waals surface area contributed by atoms with E-state index in [1.165, 1.54) is 13.3 Å². The van der Waals surface area contributed by atoms with Crippen molar-refractivity contribution in [2.24, 2.45) is 5.92 Å². The average molecular weight is 256 g/mol. The van der Waals surface area contributed by atoms with Gasteiger partial charge in [0, 0.05) is 26.1 Å². The first-order valence-corrected chi connectivity index (χ1v) is 6.72. The van der Waals surface area contributed by atoms with E-state index in [9.17, 15) is 9.59 Å². The normalized spacial score (nSPS) is 24.8. The summed E-state index contributed by atoms with van der Waals surface area (Å²) in [4.78, 5) is 23.8. The molecule has 1 heterocycles. The molecular formula is C13H24N2O3. The summed E-state index contributed by atoms with van der Waals surface area (Å²) in [6.07, 6.45) is 4.40. The Morgan fingerprint density at radius 1 is 1.39 bits per heavy atom. The minimum atomic E-state index is -0.798. The molecule has 0 radical (unpaired) electrons. The van der Waals surface area contributed by atoms with Crippen LogP contribution in [0.1, 0.15) is 39.5 Å². The van der Waals surface area contributed by atoms with Crippen molar-refractivity contribution in [2.75, 3.05) is 19.6 Å². The molecule has 1 fully saturated rings. The van der Waals surface area contributed by atoms with Crippen molar-refractivity contribution in [3.63, 3.8) is 0 Å². The van der Waals surface area contributed by atoms with E-state index in [-0.39, 0.29) is 18.5 Å². The maximum Gasteiger partial charge on any atom is 0.317 e. The smallest absolute Gasteiger partial charge is 0.317 e. The Balaban J connectivity index is 2.53. The fraction of sp³-hybridized carbons (Fsp3) is 0.846. The van der Waals surface area contributed by atoms with Crippen LogP contribution in [-0.2, 0) is 9.59 Å². The quantitative estimate of drug-likeness (QED) is 0.746. The van der Waals surface area contributed by atoms with Gasteiger partial charge in [-0.05, 0) is 18.8 Å². The molecular weight excluding hydrogens is 232 g/mol. The van der Waals surface area contributed by atoms with Gasteiger partial charge in [0.25, 0.3) is 0 Å². The van der Waals surface area contributed by atoms with Crippen LogP contribution in [0.25, 0.3) is 0 Å². The van der Waals surface area contributed by atoms with Crippen LogP contribution in [-0.4, -0.2) is 47.6 Å². The van der Waals surface area contributed by atoms with E-state index in [1.54, 1.807) is 0 Å². The van der Waals surface area contributed by atoms with Gasteiger partial charge in [0.1, 0.15) is 0 Å². The van der Waals surface area contributed by atoms with Crippen molar-refractivity contribution in [1.29, 1.82) is 0 Å². The number of rotatable bonds is 6. The summed E-state index contributed by atoms with van der Waals surface area (Å²) in [6.45, 7) is 5.22. The molecule has 1 amide bonds. The third-order valence-corrected chi connectivity index (χ3v) is 3.35. The Hall–Kier alpha value is -1.10. The lowest BCUT2D eigenvalue weighted by molar-refractivity contribution is -0.138. The number of hydrogen-bond donors (Lipinski definition) is 2. The van der Waals surface area contributed by atoms with E-state index >= 15 is 0 Å². The molecule has 0 aromatic heterocycles. The Bertz CT molecular complexity index is 270. The van der Waals surface area contributed by atoms with Crippen molar-refractivity contribution in [3.05, 3.63) is 0 Å². The van der Waals surface area contributed by atoms with Gasteiger partial charge in [-0.25, -0.2) is 0 Å². The van der Waals surface area contributed by atoms with Gasteiger partial charge in [-0.1, -0.05) is 19.8 Å². The summed E-state index contributed by atoms with van der Waals surface area (Å²) in [7, 11) is 0. The largest absolute Gasteiger partial charge is 0.480 e. The van der Waals surface area contributed by atoms with Crippen LogP contribution in [0.4, 0.5) is 0 Å². The number of amides is 1. The summed E-state index contributed by atoms with van der Waals surface area (Å²) in [5.41, 5.74) is 0. The Morgan fingerprint density at radius 2 is 2.11 bits per heavy atom. The van der Waals surface area contributed by atoms with E-state index in [2.05, 4.69) is 12.2 Å². The Kier molecular flexibility index (Phi) is 6.12. The highest BCUT2D eigenvalue weighted by atomic mass is 16.4. The van der Waals surface area contributed by atoms with Crippen LogP contribution in [0, 0.1) is 5.92 Å². The topological polar surface area (TPSA) is 69.6 Å². The van der Waals surface area contributed by atoms with Crippen molar-refractivity contribution in [2.45, 2.75) is 45.6 Å². The number of nitrogens with zero attached hydrogens (tertiary/aromatic N) is 1. The molecule has 5 nitrogen and oxygen atoms in total. The number of likely N-dealkylation sites (tertiary alicyclic amines) is 1. The number of carboxylic acids is 1. The minimum absolute atomic E-state index is 0.0357. The number of aliphatic carboxylic acids is 1. The van der Waals surface area contributed by atoms with Crippen LogP contribution in [0.2, 0.25) is 0 Å². The number of carboxylic acid groups (broad SMARTS) is 1. The molecule has 0 bridgehead atoms. The second-order valence-corrected chi connectivity index (χ2v) is 5.23. The van der Waals surface area contributed by atoms with Crippen LogP contribution < -0.4 is 5.32 Å². The lowest BCUT2D eigenvalue weighted by atomic mass is 9.90. The highest BCUT2D eigenvalue weighted by Gasteiger charge is 2.28. The van der Waals surface area contributed by atoms with Crippen LogP contribution in [0.5, 0.6) is 0 Å². The third-order valence-electron chi connectivity index (χ3n) is 3.35. The maximum atomic E-state index is 11.1. The molecule has 2 atom stereocenters. The molecule has 2 N–H and O–H groups in total. The first-order valence-electron chi connectivity index (χ1n) is 6.72. The summed E-state index contributed by atoms with van der Waals surface area (Å²) in [5, 5.41) is 11.8. The van der Waals surface area contributed by atoms with Gasteiger partial charge in [-0.2, -0.15) is 0 Å². The number of piperidine rings is 1. The monoisotopic (exact) mass is 256 g/mol. The van der Waals surface area contributed by atoms with Gasteiger partial charge in [0.05, 0.1) is 6.54 Å². The molecule has 1 rings (SSSR count). The van der Waals surface area contributed by atoms with Gasteiger partial charge >= 0.3 is 5.97 Å². The molecule has 2 unspecified atom stereocenters. The summed E-state index contributed by atoms with van der Waals surface area (Å²) < 4.78 is 0. The number of hydrogen-bond acceptors (Lipinski definition) is 3. The number of carbonyl (C=O) groups excluding carboxylic acids is 1.